The lowest BCUT2D eigenvalue weighted by Gasteiger charge is -2.12. The second-order valence-electron chi connectivity index (χ2n) is 4.95. The summed E-state index contributed by atoms with van der Waals surface area (Å²) in [5, 5.41) is 4.35. The summed E-state index contributed by atoms with van der Waals surface area (Å²) in [5.41, 5.74) is 3.83. The lowest BCUT2D eigenvalue weighted by molar-refractivity contribution is 0.484. The SMILES string of the molecule is CNC(c1cnc(C)cn1)c1cc2cccc(C)c2o1. The van der Waals surface area contributed by atoms with Gasteiger partial charge in [0.1, 0.15) is 17.4 Å². The molecular weight excluding hydrogens is 250 g/mol. The highest BCUT2D eigenvalue weighted by Gasteiger charge is 2.18. The van der Waals surface area contributed by atoms with E-state index in [1.165, 1.54) is 0 Å². The highest BCUT2D eigenvalue weighted by atomic mass is 16.3. The molecule has 0 aliphatic carbocycles. The van der Waals surface area contributed by atoms with E-state index in [4.69, 9.17) is 4.42 Å². The number of hydrogen-bond acceptors (Lipinski definition) is 4. The van der Waals surface area contributed by atoms with Crippen LogP contribution in [0.1, 0.15) is 28.8 Å². The molecule has 2 aromatic heterocycles. The van der Waals surface area contributed by atoms with Crippen molar-refractivity contribution in [2.75, 3.05) is 7.05 Å². The zero-order valence-electron chi connectivity index (χ0n) is 11.8. The highest BCUT2D eigenvalue weighted by Crippen LogP contribution is 2.28. The van der Waals surface area contributed by atoms with Gasteiger partial charge in [0.25, 0.3) is 0 Å². The Morgan fingerprint density at radius 3 is 2.65 bits per heavy atom. The molecule has 0 spiro atoms. The quantitative estimate of drug-likeness (QED) is 0.792. The van der Waals surface area contributed by atoms with E-state index in [-0.39, 0.29) is 6.04 Å². The summed E-state index contributed by atoms with van der Waals surface area (Å²) in [6, 6.07) is 8.12. The van der Waals surface area contributed by atoms with Crippen molar-refractivity contribution < 1.29 is 4.42 Å². The van der Waals surface area contributed by atoms with Gasteiger partial charge in [-0.25, -0.2) is 0 Å². The molecule has 0 amide bonds. The molecule has 4 nitrogen and oxygen atoms in total. The third-order valence-electron chi connectivity index (χ3n) is 3.43. The normalized spacial score (nSPS) is 12.8. The van der Waals surface area contributed by atoms with E-state index < -0.39 is 0 Å². The Kier molecular flexibility index (Phi) is 3.24. The predicted molar refractivity (Wildman–Crippen MR) is 78.6 cm³/mol. The third-order valence-corrected chi connectivity index (χ3v) is 3.43. The Morgan fingerprint density at radius 2 is 2.00 bits per heavy atom. The molecule has 20 heavy (non-hydrogen) atoms. The van der Waals surface area contributed by atoms with E-state index in [2.05, 4.69) is 40.4 Å². The molecule has 0 saturated carbocycles. The average molecular weight is 267 g/mol. The van der Waals surface area contributed by atoms with Crippen LogP contribution < -0.4 is 5.32 Å². The topological polar surface area (TPSA) is 51.0 Å². The first-order chi connectivity index (χ1) is 9.69. The van der Waals surface area contributed by atoms with Crippen LogP contribution >= 0.6 is 0 Å². The summed E-state index contributed by atoms with van der Waals surface area (Å²) in [6.45, 7) is 3.98. The van der Waals surface area contributed by atoms with Crippen LogP contribution in [-0.4, -0.2) is 17.0 Å². The largest absolute Gasteiger partial charge is 0.459 e. The van der Waals surface area contributed by atoms with Crippen molar-refractivity contribution in [3.8, 4) is 0 Å². The summed E-state index contributed by atoms with van der Waals surface area (Å²) in [7, 11) is 1.90. The van der Waals surface area contributed by atoms with Gasteiger partial charge in [-0.15, -0.1) is 0 Å². The molecular formula is C16H17N3O. The third kappa shape index (κ3) is 2.18. The Morgan fingerprint density at radius 1 is 1.15 bits per heavy atom. The maximum absolute atomic E-state index is 6.01. The van der Waals surface area contributed by atoms with Crippen molar-refractivity contribution in [1.29, 1.82) is 0 Å². The van der Waals surface area contributed by atoms with E-state index in [1.807, 2.05) is 20.0 Å². The summed E-state index contributed by atoms with van der Waals surface area (Å²) >= 11 is 0. The lowest BCUT2D eigenvalue weighted by Crippen LogP contribution is -2.18. The molecule has 3 aromatic rings. The number of nitrogens with one attached hydrogen (secondary N) is 1. The Hall–Kier alpha value is -2.20. The molecule has 0 aliphatic heterocycles. The summed E-state index contributed by atoms with van der Waals surface area (Å²) in [4.78, 5) is 8.73. The standard InChI is InChI=1S/C16H17N3O/c1-10-5-4-6-12-7-14(20-16(10)12)15(17-3)13-9-18-11(2)8-19-13/h4-9,15,17H,1-3H3. The van der Waals surface area contributed by atoms with Gasteiger partial charge in [0, 0.05) is 11.6 Å². The smallest absolute Gasteiger partial charge is 0.137 e. The number of nitrogens with zero attached hydrogens (tertiary/aromatic N) is 2. The molecule has 1 atom stereocenters. The fourth-order valence-corrected chi connectivity index (χ4v) is 2.36. The molecule has 2 heterocycles. The van der Waals surface area contributed by atoms with Crippen LogP contribution in [0.15, 0.2) is 41.1 Å². The summed E-state index contributed by atoms with van der Waals surface area (Å²) in [5.74, 6) is 0.856. The van der Waals surface area contributed by atoms with Gasteiger partial charge in [-0.2, -0.15) is 0 Å². The first-order valence-electron chi connectivity index (χ1n) is 6.64. The Labute approximate surface area is 117 Å². The van der Waals surface area contributed by atoms with Gasteiger partial charge in [-0.1, -0.05) is 18.2 Å². The van der Waals surface area contributed by atoms with Gasteiger partial charge in [0.05, 0.1) is 17.6 Å². The van der Waals surface area contributed by atoms with Crippen LogP contribution in [0.2, 0.25) is 0 Å². The van der Waals surface area contributed by atoms with Gasteiger partial charge in [-0.05, 0) is 32.5 Å². The molecule has 1 unspecified atom stereocenters. The molecule has 0 fully saturated rings. The lowest BCUT2D eigenvalue weighted by atomic mass is 10.1. The van der Waals surface area contributed by atoms with Crippen molar-refractivity contribution in [3.05, 3.63) is 59.4 Å². The van der Waals surface area contributed by atoms with E-state index in [0.717, 1.165) is 33.7 Å². The fraction of sp³-hybridized carbons (Fsp3) is 0.250. The molecule has 0 aliphatic rings. The van der Waals surface area contributed by atoms with Crippen LogP contribution in [-0.2, 0) is 0 Å². The van der Waals surface area contributed by atoms with Crippen LogP contribution in [0.3, 0.4) is 0 Å². The van der Waals surface area contributed by atoms with Gasteiger partial charge < -0.3 is 9.73 Å². The first-order valence-corrected chi connectivity index (χ1v) is 6.64. The molecule has 0 saturated heterocycles. The van der Waals surface area contributed by atoms with Gasteiger partial charge in [0.2, 0.25) is 0 Å². The molecule has 1 aromatic carbocycles. The number of para-hydroxylation sites is 1. The first kappa shape index (κ1) is 12.8. The fourth-order valence-electron chi connectivity index (χ4n) is 2.36. The number of aryl methyl sites for hydroxylation is 2. The molecule has 0 bridgehead atoms. The molecule has 3 rings (SSSR count). The second-order valence-corrected chi connectivity index (χ2v) is 4.95. The minimum Gasteiger partial charge on any atom is -0.459 e. The number of hydrogen-bond donors (Lipinski definition) is 1. The van der Waals surface area contributed by atoms with Crippen molar-refractivity contribution in [3.63, 3.8) is 0 Å². The van der Waals surface area contributed by atoms with Crippen LogP contribution in [0, 0.1) is 13.8 Å². The Bertz CT molecular complexity index is 731. The zero-order chi connectivity index (χ0) is 14.1. The number of aromatic nitrogens is 2. The number of benzene rings is 1. The molecule has 1 N–H and O–H groups in total. The zero-order valence-corrected chi connectivity index (χ0v) is 11.8. The maximum Gasteiger partial charge on any atom is 0.137 e. The van der Waals surface area contributed by atoms with Gasteiger partial charge in [-0.3, -0.25) is 9.97 Å². The molecule has 102 valence electrons. The second kappa shape index (κ2) is 5.06. The minimum atomic E-state index is -0.0881. The van der Waals surface area contributed by atoms with Crippen LogP contribution in [0.25, 0.3) is 11.0 Å². The van der Waals surface area contributed by atoms with E-state index in [1.54, 1.807) is 12.4 Å². The summed E-state index contributed by atoms with van der Waals surface area (Å²) < 4.78 is 6.01. The summed E-state index contributed by atoms with van der Waals surface area (Å²) in [6.07, 6.45) is 3.56. The Balaban J connectivity index is 2.07. The van der Waals surface area contributed by atoms with Gasteiger partial charge >= 0.3 is 0 Å². The minimum absolute atomic E-state index is 0.0881. The van der Waals surface area contributed by atoms with E-state index in [0.29, 0.717) is 0 Å². The monoisotopic (exact) mass is 267 g/mol. The maximum atomic E-state index is 6.01. The van der Waals surface area contributed by atoms with Gasteiger partial charge in [0.15, 0.2) is 0 Å². The van der Waals surface area contributed by atoms with Crippen molar-refractivity contribution in [2.45, 2.75) is 19.9 Å². The average Bonchev–Trinajstić information content (AvgIpc) is 2.87. The van der Waals surface area contributed by atoms with Crippen LogP contribution in [0.5, 0.6) is 0 Å². The van der Waals surface area contributed by atoms with Crippen molar-refractivity contribution in [1.82, 2.24) is 15.3 Å². The van der Waals surface area contributed by atoms with E-state index in [9.17, 15) is 0 Å². The highest BCUT2D eigenvalue weighted by molar-refractivity contribution is 5.81. The number of rotatable bonds is 3. The van der Waals surface area contributed by atoms with E-state index >= 15 is 0 Å². The van der Waals surface area contributed by atoms with Crippen molar-refractivity contribution in [2.24, 2.45) is 0 Å². The molecule has 0 radical (unpaired) electrons. The van der Waals surface area contributed by atoms with Crippen LogP contribution in [0.4, 0.5) is 0 Å². The number of furan rings is 1. The predicted octanol–water partition coefficient (Wildman–Crippen LogP) is 3.15. The van der Waals surface area contributed by atoms with Crippen molar-refractivity contribution >= 4 is 11.0 Å². The number of fused-ring (bicyclic) bond motifs is 1. The molecule has 4 heteroatoms.